The van der Waals surface area contributed by atoms with E-state index in [1.54, 1.807) is 0 Å². The normalized spacial score (nSPS) is 13.6. The van der Waals surface area contributed by atoms with E-state index in [-0.39, 0.29) is 11.8 Å². The standard InChI is InChI=1S/C13H16N2O/c1-3-10(2)12(9-14)13(16)15-11-7-5-4-6-8-11/h4-8,10,12H,3H2,1-2H3,(H,15,16). The summed E-state index contributed by atoms with van der Waals surface area (Å²) < 4.78 is 0. The molecule has 1 amide bonds. The van der Waals surface area contributed by atoms with E-state index < -0.39 is 5.92 Å². The smallest absolute Gasteiger partial charge is 0.242 e. The van der Waals surface area contributed by atoms with Crippen molar-refractivity contribution < 1.29 is 4.79 Å². The van der Waals surface area contributed by atoms with Crippen molar-refractivity contribution in [3.63, 3.8) is 0 Å². The van der Waals surface area contributed by atoms with Gasteiger partial charge in [-0.1, -0.05) is 38.5 Å². The number of nitrogens with one attached hydrogen (secondary N) is 1. The van der Waals surface area contributed by atoms with Crippen LogP contribution in [-0.4, -0.2) is 5.91 Å². The van der Waals surface area contributed by atoms with Crippen LogP contribution in [0.15, 0.2) is 30.3 Å². The Morgan fingerprint density at radius 2 is 2.06 bits per heavy atom. The molecule has 3 nitrogen and oxygen atoms in total. The zero-order valence-electron chi connectivity index (χ0n) is 9.60. The topological polar surface area (TPSA) is 52.9 Å². The van der Waals surface area contributed by atoms with E-state index in [1.807, 2.05) is 44.2 Å². The summed E-state index contributed by atoms with van der Waals surface area (Å²) in [4.78, 5) is 11.8. The van der Waals surface area contributed by atoms with Gasteiger partial charge in [0.1, 0.15) is 5.92 Å². The van der Waals surface area contributed by atoms with Gasteiger partial charge in [-0.2, -0.15) is 5.26 Å². The molecule has 0 saturated carbocycles. The number of nitriles is 1. The molecule has 84 valence electrons. The van der Waals surface area contributed by atoms with Crippen LogP contribution in [0.3, 0.4) is 0 Å². The van der Waals surface area contributed by atoms with E-state index in [9.17, 15) is 4.79 Å². The number of hydrogen-bond acceptors (Lipinski definition) is 2. The zero-order valence-corrected chi connectivity index (χ0v) is 9.60. The maximum absolute atomic E-state index is 11.8. The molecular formula is C13H16N2O. The molecule has 0 fully saturated rings. The summed E-state index contributed by atoms with van der Waals surface area (Å²) in [6, 6.07) is 11.3. The minimum absolute atomic E-state index is 0.0775. The van der Waals surface area contributed by atoms with Crippen LogP contribution in [-0.2, 0) is 4.79 Å². The molecule has 1 rings (SSSR count). The van der Waals surface area contributed by atoms with E-state index in [1.165, 1.54) is 0 Å². The molecule has 0 aliphatic carbocycles. The van der Waals surface area contributed by atoms with Crippen LogP contribution < -0.4 is 5.32 Å². The maximum Gasteiger partial charge on any atom is 0.242 e. The third-order valence-electron chi connectivity index (χ3n) is 2.68. The van der Waals surface area contributed by atoms with Gasteiger partial charge in [0.15, 0.2) is 0 Å². The first-order chi connectivity index (χ1) is 7.69. The average Bonchev–Trinajstić information content (AvgIpc) is 2.31. The van der Waals surface area contributed by atoms with E-state index in [2.05, 4.69) is 11.4 Å². The van der Waals surface area contributed by atoms with Crippen molar-refractivity contribution in [2.24, 2.45) is 11.8 Å². The van der Waals surface area contributed by atoms with Crippen molar-refractivity contribution in [2.45, 2.75) is 20.3 Å². The Morgan fingerprint density at radius 3 is 2.56 bits per heavy atom. The number of anilines is 1. The molecule has 1 aromatic rings. The van der Waals surface area contributed by atoms with Crippen LogP contribution in [0, 0.1) is 23.2 Å². The largest absolute Gasteiger partial charge is 0.325 e. The first kappa shape index (κ1) is 12.3. The summed E-state index contributed by atoms with van der Waals surface area (Å²) >= 11 is 0. The number of carbonyl (C=O) groups excluding carboxylic acids is 1. The zero-order chi connectivity index (χ0) is 12.0. The highest BCUT2D eigenvalue weighted by Gasteiger charge is 2.23. The lowest BCUT2D eigenvalue weighted by molar-refractivity contribution is -0.119. The Hall–Kier alpha value is -1.82. The third-order valence-corrected chi connectivity index (χ3v) is 2.68. The van der Waals surface area contributed by atoms with Gasteiger partial charge in [-0.3, -0.25) is 4.79 Å². The molecule has 0 spiro atoms. The third kappa shape index (κ3) is 3.09. The van der Waals surface area contributed by atoms with Gasteiger partial charge in [0, 0.05) is 5.69 Å². The maximum atomic E-state index is 11.8. The summed E-state index contributed by atoms with van der Waals surface area (Å²) in [5.41, 5.74) is 0.732. The molecule has 0 bridgehead atoms. The molecule has 0 aliphatic rings. The first-order valence-electron chi connectivity index (χ1n) is 5.44. The fourth-order valence-electron chi connectivity index (χ4n) is 1.42. The predicted octanol–water partition coefficient (Wildman–Crippen LogP) is 2.81. The highest BCUT2D eigenvalue weighted by atomic mass is 16.1. The SMILES string of the molecule is CCC(C)C(C#N)C(=O)Nc1ccccc1. The molecule has 0 aromatic heterocycles. The van der Waals surface area contributed by atoms with Crippen LogP contribution in [0.1, 0.15) is 20.3 Å². The van der Waals surface area contributed by atoms with Crippen molar-refractivity contribution in [2.75, 3.05) is 5.32 Å². The second kappa shape index (κ2) is 5.92. The molecule has 0 radical (unpaired) electrons. The fraction of sp³-hybridized carbons (Fsp3) is 0.385. The monoisotopic (exact) mass is 216 g/mol. The van der Waals surface area contributed by atoms with Crippen molar-refractivity contribution in [3.05, 3.63) is 30.3 Å². The summed E-state index contributed by atoms with van der Waals surface area (Å²) in [6.07, 6.45) is 0.820. The van der Waals surface area contributed by atoms with Crippen molar-refractivity contribution in [3.8, 4) is 6.07 Å². The Bertz CT molecular complexity index is 381. The molecule has 2 unspecified atom stereocenters. The van der Waals surface area contributed by atoms with Crippen LogP contribution in [0.2, 0.25) is 0 Å². The minimum atomic E-state index is -0.579. The van der Waals surface area contributed by atoms with Crippen molar-refractivity contribution >= 4 is 11.6 Å². The predicted molar refractivity (Wildman–Crippen MR) is 63.6 cm³/mol. The van der Waals surface area contributed by atoms with Crippen LogP contribution >= 0.6 is 0 Å². The van der Waals surface area contributed by atoms with Crippen molar-refractivity contribution in [1.29, 1.82) is 5.26 Å². The van der Waals surface area contributed by atoms with Crippen LogP contribution in [0.25, 0.3) is 0 Å². The number of rotatable bonds is 4. The van der Waals surface area contributed by atoms with Crippen molar-refractivity contribution in [1.82, 2.24) is 0 Å². The molecule has 0 heterocycles. The van der Waals surface area contributed by atoms with Gasteiger partial charge in [-0.05, 0) is 18.1 Å². The van der Waals surface area contributed by atoms with E-state index in [4.69, 9.17) is 5.26 Å². The van der Waals surface area contributed by atoms with Gasteiger partial charge in [0.2, 0.25) is 5.91 Å². The Kier molecular flexibility index (Phi) is 4.53. The van der Waals surface area contributed by atoms with Crippen LogP contribution in [0.5, 0.6) is 0 Å². The van der Waals surface area contributed by atoms with Gasteiger partial charge >= 0.3 is 0 Å². The number of hydrogen-bond donors (Lipinski definition) is 1. The lowest BCUT2D eigenvalue weighted by atomic mass is 9.92. The molecule has 2 atom stereocenters. The first-order valence-corrected chi connectivity index (χ1v) is 5.44. The van der Waals surface area contributed by atoms with E-state index in [0.717, 1.165) is 12.1 Å². The molecule has 0 aliphatic heterocycles. The van der Waals surface area contributed by atoms with Crippen LogP contribution in [0.4, 0.5) is 5.69 Å². The lowest BCUT2D eigenvalue weighted by Crippen LogP contribution is -2.26. The summed E-state index contributed by atoms with van der Waals surface area (Å²) in [6.45, 7) is 3.89. The second-order valence-electron chi connectivity index (χ2n) is 3.85. The highest BCUT2D eigenvalue weighted by Crippen LogP contribution is 2.17. The summed E-state index contributed by atoms with van der Waals surface area (Å²) in [5.74, 6) is -0.720. The van der Waals surface area contributed by atoms with Gasteiger partial charge in [0.05, 0.1) is 6.07 Å². The number of benzene rings is 1. The second-order valence-corrected chi connectivity index (χ2v) is 3.85. The molecule has 0 saturated heterocycles. The number of carbonyl (C=O) groups is 1. The Balaban J connectivity index is 2.68. The Morgan fingerprint density at radius 1 is 1.44 bits per heavy atom. The van der Waals surface area contributed by atoms with Gasteiger partial charge in [-0.15, -0.1) is 0 Å². The number of para-hydroxylation sites is 1. The molecule has 3 heteroatoms. The lowest BCUT2D eigenvalue weighted by Gasteiger charge is -2.15. The van der Waals surface area contributed by atoms with Gasteiger partial charge < -0.3 is 5.32 Å². The number of nitrogens with zero attached hydrogens (tertiary/aromatic N) is 1. The van der Waals surface area contributed by atoms with Gasteiger partial charge in [0.25, 0.3) is 0 Å². The molecule has 1 aromatic carbocycles. The van der Waals surface area contributed by atoms with E-state index >= 15 is 0 Å². The molecular weight excluding hydrogens is 200 g/mol. The average molecular weight is 216 g/mol. The number of amides is 1. The quantitative estimate of drug-likeness (QED) is 0.841. The molecule has 16 heavy (non-hydrogen) atoms. The highest BCUT2D eigenvalue weighted by molar-refractivity contribution is 5.94. The van der Waals surface area contributed by atoms with Gasteiger partial charge in [-0.25, -0.2) is 0 Å². The molecule has 1 N–H and O–H groups in total. The fourth-order valence-corrected chi connectivity index (χ4v) is 1.42. The minimum Gasteiger partial charge on any atom is -0.325 e. The Labute approximate surface area is 96.1 Å². The van der Waals surface area contributed by atoms with E-state index in [0.29, 0.717) is 0 Å². The summed E-state index contributed by atoms with van der Waals surface area (Å²) in [5, 5.41) is 11.7. The summed E-state index contributed by atoms with van der Waals surface area (Å²) in [7, 11) is 0.